The molecule has 2 N–H and O–H groups in total. The van der Waals surface area contributed by atoms with Crippen LogP contribution in [0, 0.1) is 0 Å². The third-order valence-corrected chi connectivity index (χ3v) is 4.45. The fraction of sp³-hybridized carbons (Fsp3) is 0.533. The van der Waals surface area contributed by atoms with Crippen molar-refractivity contribution in [1.82, 2.24) is 9.88 Å². The molecule has 2 aliphatic heterocycles. The monoisotopic (exact) mass is 329 g/mol. The minimum Gasteiger partial charge on any atom is -0.388 e. The molecule has 0 bridgehead atoms. The van der Waals surface area contributed by atoms with Crippen LogP contribution in [0.1, 0.15) is 23.7 Å². The molecule has 8 heteroatoms. The van der Waals surface area contributed by atoms with Gasteiger partial charge in [-0.25, -0.2) is 4.98 Å². The fourth-order valence-electron chi connectivity index (χ4n) is 3.25. The summed E-state index contributed by atoms with van der Waals surface area (Å²) in [5, 5.41) is 20.1. The van der Waals surface area contributed by atoms with Crippen molar-refractivity contribution < 1.29 is 23.4 Å². The van der Waals surface area contributed by atoms with Crippen molar-refractivity contribution in [1.29, 1.82) is 0 Å². The summed E-state index contributed by atoms with van der Waals surface area (Å²) in [5.74, 6) is 0.398. The first-order chi connectivity index (χ1) is 10.8. The molecule has 1 saturated heterocycles. The van der Waals surface area contributed by atoms with Crippen molar-refractivity contribution in [2.45, 2.75) is 31.0 Å². The van der Waals surface area contributed by atoms with E-state index in [-0.39, 0.29) is 11.6 Å². The Morgan fingerprint density at radius 3 is 2.78 bits per heavy atom. The lowest BCUT2D eigenvalue weighted by molar-refractivity contribution is -0.137. The third kappa shape index (κ3) is 2.93. The lowest BCUT2D eigenvalue weighted by atomic mass is 9.93. The van der Waals surface area contributed by atoms with E-state index in [1.54, 1.807) is 0 Å². The maximum Gasteiger partial charge on any atom is 0.417 e. The summed E-state index contributed by atoms with van der Waals surface area (Å²) in [7, 11) is 0. The largest absolute Gasteiger partial charge is 0.417 e. The molecule has 0 spiro atoms. The molecule has 2 aliphatic rings. The van der Waals surface area contributed by atoms with Gasteiger partial charge < -0.3 is 15.1 Å². The Balaban J connectivity index is 1.89. The highest BCUT2D eigenvalue weighted by molar-refractivity contribution is 5.53. The smallest absolute Gasteiger partial charge is 0.388 e. The van der Waals surface area contributed by atoms with Crippen LogP contribution in [0.15, 0.2) is 24.9 Å². The number of pyridine rings is 1. The number of hydrogen-bond acceptors (Lipinski definition) is 5. The summed E-state index contributed by atoms with van der Waals surface area (Å²) in [6.45, 7) is 5.11. The van der Waals surface area contributed by atoms with E-state index in [0.29, 0.717) is 31.9 Å². The van der Waals surface area contributed by atoms with Gasteiger partial charge in [-0.3, -0.25) is 4.90 Å². The van der Waals surface area contributed by atoms with Gasteiger partial charge in [-0.15, -0.1) is 0 Å². The van der Waals surface area contributed by atoms with E-state index < -0.39 is 24.1 Å². The first kappa shape index (κ1) is 16.2. The van der Waals surface area contributed by atoms with Crippen LogP contribution < -0.4 is 4.90 Å². The number of nitrogens with zero attached hydrogens (tertiary/aromatic N) is 3. The molecule has 0 saturated carbocycles. The van der Waals surface area contributed by atoms with Crippen molar-refractivity contribution in [2.75, 3.05) is 24.5 Å². The summed E-state index contributed by atoms with van der Waals surface area (Å²) < 4.78 is 38.5. The average Bonchev–Trinajstić information content (AvgIpc) is 2.52. The Kier molecular flexibility index (Phi) is 4.07. The second-order valence-corrected chi connectivity index (χ2v) is 5.88. The summed E-state index contributed by atoms with van der Waals surface area (Å²) >= 11 is 0. The molecule has 5 nitrogen and oxygen atoms in total. The van der Waals surface area contributed by atoms with Gasteiger partial charge in [0.25, 0.3) is 0 Å². The number of hydrogen-bond donors (Lipinski definition) is 2. The number of anilines is 1. The van der Waals surface area contributed by atoms with Crippen molar-refractivity contribution >= 4 is 5.82 Å². The van der Waals surface area contributed by atoms with Gasteiger partial charge in [0.2, 0.25) is 0 Å². The molecule has 1 fully saturated rings. The first-order valence-corrected chi connectivity index (χ1v) is 7.37. The van der Waals surface area contributed by atoms with E-state index in [1.165, 1.54) is 6.08 Å². The van der Waals surface area contributed by atoms with Crippen molar-refractivity contribution in [2.24, 2.45) is 0 Å². The van der Waals surface area contributed by atoms with Gasteiger partial charge in [0.1, 0.15) is 12.0 Å². The van der Waals surface area contributed by atoms with Crippen molar-refractivity contribution in [3.8, 4) is 0 Å². The van der Waals surface area contributed by atoms with Crippen molar-refractivity contribution in [3.05, 3.63) is 36.0 Å². The zero-order valence-electron chi connectivity index (χ0n) is 12.4. The molecule has 1 aromatic heterocycles. The molecule has 0 aromatic carbocycles. The van der Waals surface area contributed by atoms with Gasteiger partial charge in [0.15, 0.2) is 0 Å². The molecule has 2 unspecified atom stereocenters. The van der Waals surface area contributed by atoms with Crippen LogP contribution >= 0.6 is 0 Å². The topological polar surface area (TPSA) is 59.8 Å². The number of halogens is 3. The SMILES string of the molecule is C=CC(O)N1CCN2c3ncc(C(F)(F)F)cc3C(O)C[C@@H]2C1. The molecule has 3 atom stereocenters. The molecule has 0 aliphatic carbocycles. The van der Waals surface area contributed by atoms with Crippen LogP contribution in [0.5, 0.6) is 0 Å². The second-order valence-electron chi connectivity index (χ2n) is 5.88. The van der Waals surface area contributed by atoms with E-state index in [0.717, 1.165) is 12.3 Å². The Morgan fingerprint density at radius 2 is 2.13 bits per heavy atom. The Hall–Kier alpha value is -1.64. The Labute approximate surface area is 131 Å². The summed E-state index contributed by atoms with van der Waals surface area (Å²) in [6.07, 6.45) is -3.71. The molecule has 0 amide bonds. The fourth-order valence-corrected chi connectivity index (χ4v) is 3.25. The van der Waals surface area contributed by atoms with E-state index >= 15 is 0 Å². The maximum absolute atomic E-state index is 12.8. The predicted octanol–water partition coefficient (Wildman–Crippen LogP) is 1.53. The molecule has 1 aromatic rings. The molecule has 3 heterocycles. The van der Waals surface area contributed by atoms with Crippen LogP contribution in [-0.2, 0) is 6.18 Å². The second kappa shape index (κ2) is 5.77. The molecule has 126 valence electrons. The van der Waals surface area contributed by atoms with Gasteiger partial charge in [0.05, 0.1) is 11.7 Å². The van der Waals surface area contributed by atoms with Crippen LogP contribution in [0.4, 0.5) is 19.0 Å². The number of fused-ring (bicyclic) bond motifs is 3. The number of alkyl halides is 3. The third-order valence-electron chi connectivity index (χ3n) is 4.45. The zero-order valence-corrected chi connectivity index (χ0v) is 12.4. The summed E-state index contributed by atoms with van der Waals surface area (Å²) in [6, 6.07) is 0.874. The lowest BCUT2D eigenvalue weighted by Gasteiger charge is -2.47. The Bertz CT molecular complexity index is 608. The van der Waals surface area contributed by atoms with Crippen molar-refractivity contribution in [3.63, 3.8) is 0 Å². The number of rotatable bonds is 2. The maximum atomic E-state index is 12.8. The van der Waals surface area contributed by atoms with E-state index in [4.69, 9.17) is 0 Å². The quantitative estimate of drug-likeness (QED) is 0.806. The molecule has 23 heavy (non-hydrogen) atoms. The van der Waals surface area contributed by atoms with Gasteiger partial charge in [-0.1, -0.05) is 6.58 Å². The summed E-state index contributed by atoms with van der Waals surface area (Å²) in [5.41, 5.74) is -0.636. The Morgan fingerprint density at radius 1 is 1.39 bits per heavy atom. The van der Waals surface area contributed by atoms with E-state index in [9.17, 15) is 23.4 Å². The van der Waals surface area contributed by atoms with E-state index in [2.05, 4.69) is 11.6 Å². The van der Waals surface area contributed by atoms with Gasteiger partial charge in [-0.05, 0) is 18.6 Å². The predicted molar refractivity (Wildman–Crippen MR) is 77.7 cm³/mol. The normalized spacial score (nSPS) is 26.4. The minimum atomic E-state index is -4.48. The highest BCUT2D eigenvalue weighted by Gasteiger charge is 2.39. The zero-order chi connectivity index (χ0) is 16.8. The molecule has 0 radical (unpaired) electrons. The van der Waals surface area contributed by atoms with Crippen LogP contribution in [0.2, 0.25) is 0 Å². The first-order valence-electron chi connectivity index (χ1n) is 7.37. The minimum absolute atomic E-state index is 0.106. The van der Waals surface area contributed by atoms with Gasteiger partial charge >= 0.3 is 6.18 Å². The highest BCUT2D eigenvalue weighted by atomic mass is 19.4. The average molecular weight is 329 g/mol. The van der Waals surface area contributed by atoms with Crippen LogP contribution in [0.3, 0.4) is 0 Å². The van der Waals surface area contributed by atoms with Crippen LogP contribution in [-0.4, -0.2) is 52.0 Å². The van der Waals surface area contributed by atoms with Crippen LogP contribution in [0.25, 0.3) is 0 Å². The highest BCUT2D eigenvalue weighted by Crippen LogP contribution is 2.40. The van der Waals surface area contributed by atoms with Gasteiger partial charge in [-0.2, -0.15) is 13.2 Å². The molecular formula is C15H18F3N3O2. The number of aromatic nitrogens is 1. The number of piperazine rings is 1. The molecule has 3 rings (SSSR count). The number of aliphatic hydroxyl groups is 2. The van der Waals surface area contributed by atoms with Gasteiger partial charge in [0, 0.05) is 37.4 Å². The van der Waals surface area contributed by atoms with E-state index in [1.807, 2.05) is 9.80 Å². The number of aliphatic hydroxyl groups excluding tert-OH is 2. The molecular weight excluding hydrogens is 311 g/mol. The standard InChI is InChI=1S/C15H18F3N3O2/c1-2-13(23)20-3-4-21-10(8-20)6-12(22)11-5-9(15(16,17)18)7-19-14(11)21/h2,5,7,10,12-13,22-23H,1,3-4,6,8H2/t10-,12?,13?/m1/s1. The lowest BCUT2D eigenvalue weighted by Crippen LogP contribution is -2.57. The summed E-state index contributed by atoms with van der Waals surface area (Å²) in [4.78, 5) is 7.68.